The van der Waals surface area contributed by atoms with Gasteiger partial charge in [0.1, 0.15) is 5.82 Å². The van der Waals surface area contributed by atoms with Crippen LogP contribution >= 0.6 is 0 Å². The molecule has 0 spiro atoms. The Balaban J connectivity index is 2.17. The number of anilines is 1. The molecule has 1 aliphatic rings. The van der Waals surface area contributed by atoms with Gasteiger partial charge in [0.15, 0.2) is 0 Å². The maximum Gasteiger partial charge on any atom is 0.412 e. The van der Waals surface area contributed by atoms with E-state index in [1.165, 1.54) is 6.08 Å². The Morgan fingerprint density at radius 1 is 1.39 bits per heavy atom. The highest BCUT2D eigenvalue weighted by Crippen LogP contribution is 2.31. The zero-order valence-electron chi connectivity index (χ0n) is 9.61. The van der Waals surface area contributed by atoms with E-state index in [1.807, 2.05) is 0 Å². The third kappa shape index (κ3) is 2.64. The predicted octanol–water partition coefficient (Wildman–Crippen LogP) is 2.27. The lowest BCUT2D eigenvalue weighted by atomic mass is 10.1. The number of halogens is 3. The van der Waals surface area contributed by atoms with Gasteiger partial charge in [-0.15, -0.1) is 0 Å². The van der Waals surface area contributed by atoms with Crippen LogP contribution in [0.3, 0.4) is 0 Å². The molecule has 0 bridgehead atoms. The molecule has 0 radical (unpaired) electrons. The molecule has 0 unspecified atom stereocenters. The van der Waals surface area contributed by atoms with Crippen molar-refractivity contribution < 1.29 is 18.3 Å². The number of hydrogen-bond donors (Lipinski definition) is 1. The topological polar surface area (TPSA) is 36.4 Å². The molecule has 0 amide bonds. The third-order valence-electron chi connectivity index (χ3n) is 2.91. The highest BCUT2D eigenvalue weighted by atomic mass is 19.4. The number of aromatic nitrogens is 1. The molecule has 0 atom stereocenters. The highest BCUT2D eigenvalue weighted by molar-refractivity contribution is 5.48. The molecule has 1 aromatic heterocycles. The van der Waals surface area contributed by atoms with Gasteiger partial charge in [-0.3, -0.25) is 0 Å². The second-order valence-corrected chi connectivity index (χ2v) is 4.07. The highest BCUT2D eigenvalue weighted by Gasteiger charge is 2.35. The average Bonchev–Trinajstić information content (AvgIpc) is 2.38. The van der Waals surface area contributed by atoms with Crippen LogP contribution in [0.4, 0.5) is 19.0 Å². The summed E-state index contributed by atoms with van der Waals surface area (Å²) in [5, 5.41) is 9.17. The average molecular weight is 258 g/mol. The lowest BCUT2D eigenvalue weighted by molar-refractivity contribution is -0.0944. The van der Waals surface area contributed by atoms with Crippen molar-refractivity contribution in [2.75, 3.05) is 18.0 Å². The molecule has 2 rings (SSSR count). The van der Waals surface area contributed by atoms with Gasteiger partial charge in [0.05, 0.1) is 6.61 Å². The molecule has 0 fully saturated rings. The summed E-state index contributed by atoms with van der Waals surface area (Å²) in [5.41, 5.74) is 0.140. The van der Waals surface area contributed by atoms with Gasteiger partial charge in [-0.2, -0.15) is 13.2 Å². The Labute approximate surface area is 103 Å². The maximum atomic E-state index is 12.5. The summed E-state index contributed by atoms with van der Waals surface area (Å²) >= 11 is 0. The summed E-state index contributed by atoms with van der Waals surface area (Å²) in [5.74, 6) is 0.553. The van der Waals surface area contributed by atoms with E-state index in [-0.39, 0.29) is 26.1 Å². The molecule has 0 saturated carbocycles. The second-order valence-electron chi connectivity index (χ2n) is 4.07. The zero-order valence-corrected chi connectivity index (χ0v) is 9.61. The van der Waals surface area contributed by atoms with Crippen LogP contribution < -0.4 is 4.90 Å². The van der Waals surface area contributed by atoms with E-state index in [9.17, 15) is 13.2 Å². The number of rotatable bonds is 2. The van der Waals surface area contributed by atoms with E-state index in [2.05, 4.69) is 4.98 Å². The van der Waals surface area contributed by atoms with Crippen LogP contribution in [-0.2, 0) is 6.61 Å². The molecule has 0 aliphatic carbocycles. The first-order valence-corrected chi connectivity index (χ1v) is 5.58. The van der Waals surface area contributed by atoms with Gasteiger partial charge in [-0.1, -0.05) is 12.1 Å². The van der Waals surface area contributed by atoms with E-state index in [0.717, 1.165) is 0 Å². The maximum absolute atomic E-state index is 12.5. The first kappa shape index (κ1) is 12.9. The van der Waals surface area contributed by atoms with Crippen LogP contribution in [0.5, 0.6) is 0 Å². The summed E-state index contributed by atoms with van der Waals surface area (Å²) in [6, 6.07) is 3.40. The molecular weight excluding hydrogens is 245 g/mol. The normalized spacial score (nSPS) is 16.7. The fraction of sp³-hybridized carbons (Fsp3) is 0.417. The molecule has 0 saturated heterocycles. The Morgan fingerprint density at radius 2 is 2.17 bits per heavy atom. The van der Waals surface area contributed by atoms with Gasteiger partial charge in [-0.05, 0) is 12.5 Å². The van der Waals surface area contributed by atoms with E-state index in [4.69, 9.17) is 5.11 Å². The fourth-order valence-electron chi connectivity index (χ4n) is 1.96. The lowest BCUT2D eigenvalue weighted by Gasteiger charge is -2.29. The number of alkyl halides is 3. The largest absolute Gasteiger partial charge is 0.412 e. The minimum Gasteiger partial charge on any atom is -0.392 e. The number of nitrogens with zero attached hydrogens (tertiary/aromatic N) is 2. The molecular formula is C12H13F3N2O. The molecule has 6 heteroatoms. The standard InChI is InChI=1S/C12H13F3N2O/c13-12(14,15)10-3-6-17(7-4-10)11-9(8-18)2-1-5-16-11/h1-3,5,18H,4,6-8H2. The van der Waals surface area contributed by atoms with E-state index in [1.54, 1.807) is 23.2 Å². The minimum absolute atomic E-state index is 0.0507. The van der Waals surface area contributed by atoms with Crippen LogP contribution in [0.2, 0.25) is 0 Å². The van der Waals surface area contributed by atoms with Crippen molar-refractivity contribution in [1.29, 1.82) is 0 Å². The summed E-state index contributed by atoms with van der Waals surface area (Å²) < 4.78 is 37.4. The van der Waals surface area contributed by atoms with Crippen molar-refractivity contribution >= 4 is 5.82 Å². The van der Waals surface area contributed by atoms with Gasteiger partial charge < -0.3 is 10.0 Å². The van der Waals surface area contributed by atoms with E-state index < -0.39 is 11.7 Å². The molecule has 1 aliphatic heterocycles. The number of pyridine rings is 1. The molecule has 1 aromatic rings. The summed E-state index contributed by atoms with van der Waals surface area (Å²) in [6.45, 7) is 0.254. The minimum atomic E-state index is -4.24. The molecule has 98 valence electrons. The Hall–Kier alpha value is -1.56. The smallest absolute Gasteiger partial charge is 0.392 e. The van der Waals surface area contributed by atoms with E-state index >= 15 is 0 Å². The fourth-order valence-corrected chi connectivity index (χ4v) is 1.96. The summed E-state index contributed by atoms with van der Waals surface area (Å²) in [4.78, 5) is 5.85. The monoisotopic (exact) mass is 258 g/mol. The quantitative estimate of drug-likeness (QED) is 0.827. The third-order valence-corrected chi connectivity index (χ3v) is 2.91. The van der Waals surface area contributed by atoms with Crippen LogP contribution in [0.1, 0.15) is 12.0 Å². The summed E-state index contributed by atoms with van der Waals surface area (Å²) in [6.07, 6.45) is -1.54. The lowest BCUT2D eigenvalue weighted by Crippen LogP contribution is -2.33. The predicted molar refractivity (Wildman–Crippen MR) is 61.1 cm³/mol. The number of hydrogen-bond acceptors (Lipinski definition) is 3. The molecule has 3 nitrogen and oxygen atoms in total. The first-order valence-electron chi connectivity index (χ1n) is 5.58. The van der Waals surface area contributed by atoms with Gasteiger partial charge in [0.2, 0.25) is 0 Å². The Morgan fingerprint density at radius 3 is 2.72 bits per heavy atom. The number of aliphatic hydroxyl groups excluding tert-OH is 1. The number of aliphatic hydroxyl groups is 1. The van der Waals surface area contributed by atoms with E-state index in [0.29, 0.717) is 11.4 Å². The van der Waals surface area contributed by atoms with Crippen LogP contribution in [0.25, 0.3) is 0 Å². The SMILES string of the molecule is OCc1cccnc1N1CC=C(C(F)(F)F)CC1. The molecule has 0 aromatic carbocycles. The van der Waals surface area contributed by atoms with Crippen LogP contribution in [-0.4, -0.2) is 29.4 Å². The van der Waals surface area contributed by atoms with Crippen molar-refractivity contribution in [3.63, 3.8) is 0 Å². The van der Waals surface area contributed by atoms with Crippen LogP contribution in [0.15, 0.2) is 30.0 Å². The van der Waals surface area contributed by atoms with Crippen molar-refractivity contribution in [1.82, 2.24) is 4.98 Å². The van der Waals surface area contributed by atoms with Crippen molar-refractivity contribution in [3.05, 3.63) is 35.5 Å². The Bertz CT molecular complexity index is 457. The van der Waals surface area contributed by atoms with Gasteiger partial charge >= 0.3 is 6.18 Å². The van der Waals surface area contributed by atoms with Crippen molar-refractivity contribution in [3.8, 4) is 0 Å². The molecule has 18 heavy (non-hydrogen) atoms. The van der Waals surface area contributed by atoms with Crippen LogP contribution in [0, 0.1) is 0 Å². The van der Waals surface area contributed by atoms with Crippen molar-refractivity contribution in [2.45, 2.75) is 19.2 Å². The first-order chi connectivity index (χ1) is 8.52. The van der Waals surface area contributed by atoms with Crippen molar-refractivity contribution in [2.24, 2.45) is 0 Å². The Kier molecular flexibility index (Phi) is 3.56. The summed E-state index contributed by atoms with van der Waals surface area (Å²) in [7, 11) is 0. The van der Waals surface area contributed by atoms with Gasteiger partial charge in [0.25, 0.3) is 0 Å². The second kappa shape index (κ2) is 4.97. The van der Waals surface area contributed by atoms with Gasteiger partial charge in [-0.25, -0.2) is 4.98 Å². The van der Waals surface area contributed by atoms with Gasteiger partial charge in [0, 0.05) is 30.4 Å². The molecule has 2 heterocycles. The zero-order chi connectivity index (χ0) is 13.2. The molecule has 1 N–H and O–H groups in total.